The Labute approximate surface area is 147 Å². The van der Waals surface area contributed by atoms with E-state index in [-0.39, 0.29) is 5.69 Å². The maximum absolute atomic E-state index is 12.4. The van der Waals surface area contributed by atoms with Crippen LogP contribution in [0.25, 0.3) is 10.6 Å². The molecule has 6 nitrogen and oxygen atoms in total. The SMILES string of the molecule is CS(=O)(=O)Nc1ccccc1NC(=O)c1csc(-c2ccsc2)n1. The van der Waals surface area contributed by atoms with E-state index in [2.05, 4.69) is 15.0 Å². The predicted molar refractivity (Wildman–Crippen MR) is 98.3 cm³/mol. The van der Waals surface area contributed by atoms with Crippen LogP contribution in [0, 0.1) is 0 Å². The van der Waals surface area contributed by atoms with E-state index in [0.717, 1.165) is 16.8 Å². The van der Waals surface area contributed by atoms with E-state index < -0.39 is 15.9 Å². The van der Waals surface area contributed by atoms with Crippen molar-refractivity contribution in [3.63, 3.8) is 0 Å². The van der Waals surface area contributed by atoms with Gasteiger partial charge in [0, 0.05) is 16.3 Å². The van der Waals surface area contributed by atoms with Crippen LogP contribution in [0.5, 0.6) is 0 Å². The quantitative estimate of drug-likeness (QED) is 0.710. The van der Waals surface area contributed by atoms with Gasteiger partial charge in [-0.2, -0.15) is 11.3 Å². The van der Waals surface area contributed by atoms with Crippen molar-refractivity contribution < 1.29 is 13.2 Å². The molecule has 2 N–H and O–H groups in total. The summed E-state index contributed by atoms with van der Waals surface area (Å²) in [5.41, 5.74) is 1.94. The van der Waals surface area contributed by atoms with Crippen molar-refractivity contribution in [1.29, 1.82) is 0 Å². The molecule has 0 radical (unpaired) electrons. The molecular weight excluding hydrogens is 366 g/mol. The number of hydrogen-bond donors (Lipinski definition) is 2. The lowest BCUT2D eigenvalue weighted by Crippen LogP contribution is -2.16. The van der Waals surface area contributed by atoms with Crippen molar-refractivity contribution in [2.24, 2.45) is 0 Å². The summed E-state index contributed by atoms with van der Waals surface area (Å²) in [6.45, 7) is 0. The third-order valence-corrected chi connectivity index (χ3v) is 5.14. The summed E-state index contributed by atoms with van der Waals surface area (Å²) >= 11 is 2.95. The number of nitrogens with one attached hydrogen (secondary N) is 2. The molecule has 1 aromatic carbocycles. The van der Waals surface area contributed by atoms with E-state index in [0.29, 0.717) is 11.4 Å². The molecule has 0 spiro atoms. The second-order valence-electron chi connectivity index (χ2n) is 4.92. The van der Waals surface area contributed by atoms with Crippen LogP contribution in [0.1, 0.15) is 10.5 Å². The zero-order valence-electron chi connectivity index (χ0n) is 12.5. The molecule has 2 aromatic heterocycles. The molecule has 0 aliphatic heterocycles. The maximum atomic E-state index is 12.4. The number of benzene rings is 1. The zero-order valence-corrected chi connectivity index (χ0v) is 15.0. The van der Waals surface area contributed by atoms with Gasteiger partial charge in [0.05, 0.1) is 17.6 Å². The first-order valence-electron chi connectivity index (χ1n) is 6.78. The topological polar surface area (TPSA) is 88.2 Å². The molecule has 9 heteroatoms. The molecule has 0 aliphatic rings. The fourth-order valence-corrected chi connectivity index (χ4v) is 4.05. The molecule has 2 heterocycles. The number of nitrogens with zero attached hydrogens (tertiary/aromatic N) is 1. The van der Waals surface area contributed by atoms with Crippen LogP contribution >= 0.6 is 22.7 Å². The average molecular weight is 379 g/mol. The van der Waals surface area contributed by atoms with Gasteiger partial charge in [-0.1, -0.05) is 12.1 Å². The van der Waals surface area contributed by atoms with Crippen molar-refractivity contribution in [3.05, 3.63) is 52.2 Å². The number of sulfonamides is 1. The number of carbonyl (C=O) groups is 1. The molecule has 3 aromatic rings. The number of carbonyl (C=O) groups excluding carboxylic acids is 1. The van der Waals surface area contributed by atoms with Crippen molar-refractivity contribution in [3.8, 4) is 10.6 Å². The molecule has 0 aliphatic carbocycles. The lowest BCUT2D eigenvalue weighted by atomic mass is 10.2. The van der Waals surface area contributed by atoms with Crippen molar-refractivity contribution in [2.75, 3.05) is 16.3 Å². The number of thiophene rings is 1. The van der Waals surface area contributed by atoms with E-state index in [1.54, 1.807) is 41.0 Å². The van der Waals surface area contributed by atoms with Gasteiger partial charge in [-0.25, -0.2) is 13.4 Å². The predicted octanol–water partition coefficient (Wildman–Crippen LogP) is 3.50. The lowest BCUT2D eigenvalue weighted by Gasteiger charge is -2.10. The number of anilines is 2. The fraction of sp³-hybridized carbons (Fsp3) is 0.0667. The van der Waals surface area contributed by atoms with Gasteiger partial charge in [0.25, 0.3) is 5.91 Å². The molecule has 24 heavy (non-hydrogen) atoms. The Kier molecular flexibility index (Phi) is 4.65. The third kappa shape index (κ3) is 3.99. The van der Waals surface area contributed by atoms with Gasteiger partial charge in [-0.05, 0) is 23.6 Å². The average Bonchev–Trinajstić information content (AvgIpc) is 3.18. The fourth-order valence-electron chi connectivity index (χ4n) is 1.96. The monoisotopic (exact) mass is 379 g/mol. The van der Waals surface area contributed by atoms with E-state index in [1.807, 2.05) is 16.8 Å². The number of hydrogen-bond acceptors (Lipinski definition) is 6. The van der Waals surface area contributed by atoms with E-state index in [1.165, 1.54) is 11.3 Å². The Bertz CT molecular complexity index is 963. The third-order valence-electron chi connectivity index (χ3n) is 2.98. The molecule has 0 saturated carbocycles. The van der Waals surface area contributed by atoms with Gasteiger partial charge in [0.15, 0.2) is 0 Å². The van der Waals surface area contributed by atoms with Crippen LogP contribution in [0.15, 0.2) is 46.5 Å². The normalized spacial score (nSPS) is 11.2. The first kappa shape index (κ1) is 16.6. The molecule has 0 fully saturated rings. The van der Waals surface area contributed by atoms with Crippen molar-refractivity contribution in [1.82, 2.24) is 4.98 Å². The number of para-hydroxylation sites is 2. The molecule has 124 valence electrons. The summed E-state index contributed by atoms with van der Waals surface area (Å²) in [5, 5.41) is 9.04. The molecule has 0 atom stereocenters. The largest absolute Gasteiger partial charge is 0.319 e. The van der Waals surface area contributed by atoms with Crippen LogP contribution in [-0.2, 0) is 10.0 Å². The Morgan fingerprint density at radius 3 is 2.54 bits per heavy atom. The van der Waals surface area contributed by atoms with Crippen molar-refractivity contribution >= 4 is 50.0 Å². The number of thiazole rings is 1. The second-order valence-corrected chi connectivity index (χ2v) is 8.31. The molecule has 1 amide bonds. The summed E-state index contributed by atoms with van der Waals surface area (Å²) in [7, 11) is -3.44. The first-order chi connectivity index (χ1) is 11.4. The Balaban J connectivity index is 1.81. The number of aromatic nitrogens is 1. The Hall–Kier alpha value is -2.23. The van der Waals surface area contributed by atoms with Gasteiger partial charge >= 0.3 is 0 Å². The highest BCUT2D eigenvalue weighted by Gasteiger charge is 2.15. The zero-order chi connectivity index (χ0) is 17.2. The molecule has 3 rings (SSSR count). The van der Waals surface area contributed by atoms with Crippen LogP contribution in [-0.4, -0.2) is 25.6 Å². The number of rotatable bonds is 5. The van der Waals surface area contributed by atoms with Crippen molar-refractivity contribution in [2.45, 2.75) is 0 Å². The minimum Gasteiger partial charge on any atom is -0.319 e. The van der Waals surface area contributed by atoms with E-state index >= 15 is 0 Å². The molecule has 0 unspecified atom stereocenters. The highest BCUT2D eigenvalue weighted by atomic mass is 32.2. The Morgan fingerprint density at radius 1 is 1.12 bits per heavy atom. The standard InChI is InChI=1S/C15H13N3O3S3/c1-24(20,21)18-12-5-3-2-4-11(12)16-14(19)13-9-23-15(17-13)10-6-7-22-8-10/h2-9,18H,1H3,(H,16,19). The summed E-state index contributed by atoms with van der Waals surface area (Å²) < 4.78 is 25.2. The van der Waals surface area contributed by atoms with Gasteiger partial charge in [0.2, 0.25) is 10.0 Å². The summed E-state index contributed by atoms with van der Waals surface area (Å²) in [6.07, 6.45) is 1.05. The lowest BCUT2D eigenvalue weighted by molar-refractivity contribution is 0.102. The number of amides is 1. The molecular formula is C15H13N3O3S3. The second kappa shape index (κ2) is 6.71. The van der Waals surface area contributed by atoms with Crippen LogP contribution in [0.4, 0.5) is 11.4 Å². The molecule has 0 bridgehead atoms. The highest BCUT2D eigenvalue weighted by Crippen LogP contribution is 2.27. The van der Waals surface area contributed by atoms with Crippen LogP contribution in [0.2, 0.25) is 0 Å². The smallest absolute Gasteiger partial charge is 0.275 e. The Morgan fingerprint density at radius 2 is 1.88 bits per heavy atom. The van der Waals surface area contributed by atoms with Crippen LogP contribution in [0.3, 0.4) is 0 Å². The van der Waals surface area contributed by atoms with Gasteiger partial charge in [0.1, 0.15) is 10.7 Å². The summed E-state index contributed by atoms with van der Waals surface area (Å²) in [6, 6.07) is 8.53. The summed E-state index contributed by atoms with van der Waals surface area (Å²) in [5.74, 6) is -0.393. The van der Waals surface area contributed by atoms with E-state index in [9.17, 15) is 13.2 Å². The van der Waals surface area contributed by atoms with Gasteiger partial charge < -0.3 is 5.32 Å². The minimum absolute atomic E-state index is 0.287. The maximum Gasteiger partial charge on any atom is 0.275 e. The van der Waals surface area contributed by atoms with Gasteiger partial charge in [-0.15, -0.1) is 11.3 Å². The minimum atomic E-state index is -3.44. The first-order valence-corrected chi connectivity index (χ1v) is 10.5. The highest BCUT2D eigenvalue weighted by molar-refractivity contribution is 7.92. The van der Waals surface area contributed by atoms with Crippen LogP contribution < -0.4 is 10.0 Å². The van der Waals surface area contributed by atoms with Gasteiger partial charge in [-0.3, -0.25) is 9.52 Å². The molecule has 0 saturated heterocycles. The summed E-state index contributed by atoms with van der Waals surface area (Å²) in [4.78, 5) is 16.7. The van der Waals surface area contributed by atoms with E-state index in [4.69, 9.17) is 0 Å².